The number of ether oxygens (including phenoxy) is 1. The second kappa shape index (κ2) is 8.01. The molecule has 0 aromatic heterocycles. The number of nitrogens with zero attached hydrogens (tertiary/aromatic N) is 2. The molecule has 0 radical (unpaired) electrons. The molecule has 1 saturated carbocycles. The fraction of sp³-hybridized carbons (Fsp3) is 0.600. The quantitative estimate of drug-likeness (QED) is 0.797. The lowest BCUT2D eigenvalue weighted by Crippen LogP contribution is -2.47. The standard InChI is InChI=1S/C20H26F3N3O2/c1-26-17(27)19(25-18(26)24,11-14-7-3-2-4-8-14)13-28-16-10-6-5-9-15(16)12-20(21,22)23/h5-6,9-10,14H,2-4,7-8,11-13H2,1H3,(H2,24,25). The molecule has 3 rings (SSSR count). The van der Waals surface area contributed by atoms with E-state index >= 15 is 0 Å². The predicted octanol–water partition coefficient (Wildman–Crippen LogP) is 3.67. The number of carbonyl (C=O) groups excluding carboxylic acids is 1. The summed E-state index contributed by atoms with van der Waals surface area (Å²) in [4.78, 5) is 18.6. The normalized spacial score (nSPS) is 23.8. The number of likely N-dealkylation sites (N-methyl/N-ethyl adjacent to an activating group) is 1. The Labute approximate surface area is 162 Å². The number of nitrogens with two attached hydrogens (primary N) is 1. The second-order valence-corrected chi connectivity index (χ2v) is 7.76. The van der Waals surface area contributed by atoms with E-state index in [1.165, 1.54) is 29.5 Å². The molecule has 1 heterocycles. The van der Waals surface area contributed by atoms with E-state index < -0.39 is 18.1 Å². The van der Waals surface area contributed by atoms with Crippen molar-refractivity contribution in [3.8, 4) is 5.75 Å². The van der Waals surface area contributed by atoms with Crippen molar-refractivity contribution < 1.29 is 22.7 Å². The van der Waals surface area contributed by atoms with E-state index in [2.05, 4.69) is 4.99 Å². The molecule has 1 aromatic rings. The Morgan fingerprint density at radius 1 is 1.25 bits per heavy atom. The van der Waals surface area contributed by atoms with Crippen LogP contribution in [0.25, 0.3) is 0 Å². The van der Waals surface area contributed by atoms with Gasteiger partial charge >= 0.3 is 6.18 Å². The first-order valence-corrected chi connectivity index (χ1v) is 9.61. The molecule has 154 valence electrons. The van der Waals surface area contributed by atoms with Crippen LogP contribution < -0.4 is 10.5 Å². The first-order chi connectivity index (χ1) is 13.2. The Kier molecular flexibility index (Phi) is 5.86. The molecule has 1 aliphatic heterocycles. The lowest BCUT2D eigenvalue weighted by atomic mass is 9.79. The molecule has 1 atom stereocenters. The summed E-state index contributed by atoms with van der Waals surface area (Å²) >= 11 is 0. The van der Waals surface area contributed by atoms with Crippen LogP contribution in [0.4, 0.5) is 13.2 Å². The van der Waals surface area contributed by atoms with Crippen molar-refractivity contribution in [3.05, 3.63) is 29.8 Å². The van der Waals surface area contributed by atoms with Crippen LogP contribution in [-0.4, -0.2) is 42.1 Å². The van der Waals surface area contributed by atoms with Crippen LogP contribution in [0.2, 0.25) is 0 Å². The highest BCUT2D eigenvalue weighted by Gasteiger charge is 2.48. The van der Waals surface area contributed by atoms with E-state index in [1.807, 2.05) is 0 Å². The zero-order chi connectivity index (χ0) is 20.4. The Hall–Kier alpha value is -2.25. The number of guanidine groups is 1. The Bertz CT molecular complexity index is 744. The largest absolute Gasteiger partial charge is 0.490 e. The molecular formula is C20H26F3N3O2. The van der Waals surface area contributed by atoms with Gasteiger partial charge in [-0.1, -0.05) is 50.3 Å². The van der Waals surface area contributed by atoms with Crippen molar-refractivity contribution in [1.29, 1.82) is 0 Å². The molecule has 1 fully saturated rings. The highest BCUT2D eigenvalue weighted by atomic mass is 19.4. The molecule has 0 bridgehead atoms. The molecule has 2 aliphatic rings. The van der Waals surface area contributed by atoms with E-state index in [0.717, 1.165) is 25.7 Å². The highest BCUT2D eigenvalue weighted by molar-refractivity contribution is 6.06. The van der Waals surface area contributed by atoms with Gasteiger partial charge in [0, 0.05) is 12.6 Å². The molecule has 0 saturated heterocycles. The van der Waals surface area contributed by atoms with Crippen LogP contribution in [0.1, 0.15) is 44.1 Å². The van der Waals surface area contributed by atoms with Gasteiger partial charge in [0.05, 0.1) is 6.42 Å². The summed E-state index contributed by atoms with van der Waals surface area (Å²) in [6.45, 7) is -0.123. The van der Waals surface area contributed by atoms with Crippen molar-refractivity contribution in [3.63, 3.8) is 0 Å². The number of rotatable bonds is 6. The number of halogens is 3. The number of hydrogen-bond acceptors (Lipinski definition) is 4. The van der Waals surface area contributed by atoms with Gasteiger partial charge in [0.25, 0.3) is 5.91 Å². The summed E-state index contributed by atoms with van der Waals surface area (Å²) < 4.78 is 44.3. The average molecular weight is 397 g/mol. The molecule has 1 amide bonds. The first-order valence-electron chi connectivity index (χ1n) is 9.61. The zero-order valence-electron chi connectivity index (χ0n) is 16.0. The van der Waals surface area contributed by atoms with Gasteiger partial charge in [0.1, 0.15) is 12.4 Å². The molecule has 5 nitrogen and oxygen atoms in total. The van der Waals surface area contributed by atoms with Crippen LogP contribution in [0.15, 0.2) is 29.3 Å². The van der Waals surface area contributed by atoms with Crippen LogP contribution in [0.3, 0.4) is 0 Å². The summed E-state index contributed by atoms with van der Waals surface area (Å²) in [5.41, 5.74) is 4.75. The van der Waals surface area contributed by atoms with E-state index in [0.29, 0.717) is 12.3 Å². The van der Waals surface area contributed by atoms with Crippen LogP contribution >= 0.6 is 0 Å². The fourth-order valence-electron chi connectivity index (χ4n) is 4.12. The third-order valence-electron chi connectivity index (χ3n) is 5.56. The number of alkyl halides is 3. The third kappa shape index (κ3) is 4.59. The van der Waals surface area contributed by atoms with E-state index in [9.17, 15) is 18.0 Å². The second-order valence-electron chi connectivity index (χ2n) is 7.76. The summed E-state index contributed by atoms with van der Waals surface area (Å²) in [5.74, 6) is 0.311. The van der Waals surface area contributed by atoms with E-state index in [-0.39, 0.29) is 29.8 Å². The van der Waals surface area contributed by atoms with Crippen molar-refractivity contribution in [2.45, 2.75) is 56.7 Å². The maximum atomic E-state index is 12.9. The van der Waals surface area contributed by atoms with Gasteiger partial charge in [-0.25, -0.2) is 4.99 Å². The van der Waals surface area contributed by atoms with Crippen LogP contribution in [0.5, 0.6) is 5.75 Å². The molecule has 28 heavy (non-hydrogen) atoms. The SMILES string of the molecule is CN1C(=O)C(COc2ccccc2CC(F)(F)F)(CC2CCCCC2)N=C1N. The molecule has 1 unspecified atom stereocenters. The number of carbonyl (C=O) groups is 1. The third-order valence-corrected chi connectivity index (χ3v) is 5.56. The summed E-state index contributed by atoms with van der Waals surface area (Å²) in [5, 5.41) is 0. The maximum absolute atomic E-state index is 12.9. The summed E-state index contributed by atoms with van der Waals surface area (Å²) in [6.07, 6.45) is 0.502. The van der Waals surface area contributed by atoms with E-state index in [4.69, 9.17) is 10.5 Å². The van der Waals surface area contributed by atoms with Gasteiger partial charge in [-0.15, -0.1) is 0 Å². The average Bonchev–Trinajstić information content (AvgIpc) is 2.85. The number of aliphatic imine (C=N–C) groups is 1. The molecule has 8 heteroatoms. The predicted molar refractivity (Wildman–Crippen MR) is 100 cm³/mol. The minimum atomic E-state index is -4.34. The van der Waals surface area contributed by atoms with E-state index in [1.54, 1.807) is 13.1 Å². The molecular weight excluding hydrogens is 371 g/mol. The van der Waals surface area contributed by atoms with Gasteiger partial charge in [-0.3, -0.25) is 9.69 Å². The fourth-order valence-corrected chi connectivity index (χ4v) is 4.12. The van der Waals surface area contributed by atoms with Crippen LogP contribution in [0, 0.1) is 5.92 Å². The van der Waals surface area contributed by atoms with Gasteiger partial charge in [-0.05, 0) is 18.4 Å². The molecule has 1 aromatic carbocycles. The van der Waals surface area contributed by atoms with Crippen molar-refractivity contribution >= 4 is 11.9 Å². The molecule has 2 N–H and O–H groups in total. The van der Waals surface area contributed by atoms with Gasteiger partial charge in [-0.2, -0.15) is 13.2 Å². The Morgan fingerprint density at radius 2 is 1.93 bits per heavy atom. The van der Waals surface area contributed by atoms with Gasteiger partial charge in [0.15, 0.2) is 11.5 Å². The minimum absolute atomic E-state index is 0.0403. The lowest BCUT2D eigenvalue weighted by molar-refractivity contribution is -0.132. The summed E-state index contributed by atoms with van der Waals surface area (Å²) in [7, 11) is 1.56. The minimum Gasteiger partial charge on any atom is -0.490 e. The van der Waals surface area contributed by atoms with Crippen molar-refractivity contribution in [2.75, 3.05) is 13.7 Å². The highest BCUT2D eigenvalue weighted by Crippen LogP contribution is 2.36. The first kappa shape index (κ1) is 20.5. The molecule has 0 spiro atoms. The number of para-hydroxylation sites is 1. The zero-order valence-corrected chi connectivity index (χ0v) is 16.0. The van der Waals surface area contributed by atoms with Gasteiger partial charge in [0.2, 0.25) is 0 Å². The smallest absolute Gasteiger partial charge is 0.393 e. The van der Waals surface area contributed by atoms with Gasteiger partial charge < -0.3 is 10.5 Å². The van der Waals surface area contributed by atoms with Crippen LogP contribution in [-0.2, 0) is 11.2 Å². The monoisotopic (exact) mass is 397 g/mol. The lowest BCUT2D eigenvalue weighted by Gasteiger charge is -2.31. The van der Waals surface area contributed by atoms with Crippen molar-refractivity contribution in [2.24, 2.45) is 16.6 Å². The number of amides is 1. The number of benzene rings is 1. The topological polar surface area (TPSA) is 67.9 Å². The Balaban J connectivity index is 1.81. The maximum Gasteiger partial charge on any atom is 0.393 e. The summed E-state index contributed by atoms with van der Waals surface area (Å²) in [6, 6.07) is 6.03. The van der Waals surface area contributed by atoms with Crippen molar-refractivity contribution in [1.82, 2.24) is 4.90 Å². The molecule has 1 aliphatic carbocycles. The number of hydrogen-bond donors (Lipinski definition) is 1. The Morgan fingerprint density at radius 3 is 2.54 bits per heavy atom.